The molecule has 1 heterocycles. The van der Waals surface area contributed by atoms with Gasteiger partial charge in [0.25, 0.3) is 0 Å². The Morgan fingerprint density at radius 2 is 1.64 bits per heavy atom. The molecular weight excluding hydrogens is 339 g/mol. The van der Waals surface area contributed by atoms with Crippen molar-refractivity contribution in [3.63, 3.8) is 0 Å². The minimum atomic E-state index is 0.0620. The molecule has 1 aliphatic rings. The maximum atomic E-state index is 6.47. The first-order chi connectivity index (χ1) is 10.6. The van der Waals surface area contributed by atoms with Gasteiger partial charge in [0.2, 0.25) is 0 Å². The van der Waals surface area contributed by atoms with E-state index in [2.05, 4.69) is 16.3 Å². The quantitative estimate of drug-likeness (QED) is 0.862. The van der Waals surface area contributed by atoms with Crippen molar-refractivity contribution in [2.24, 2.45) is 0 Å². The summed E-state index contributed by atoms with van der Waals surface area (Å²) in [6.45, 7) is 3.85. The highest BCUT2D eigenvalue weighted by molar-refractivity contribution is 6.33. The summed E-state index contributed by atoms with van der Waals surface area (Å²) in [6.07, 6.45) is 0. The van der Waals surface area contributed by atoms with Crippen molar-refractivity contribution in [2.75, 3.05) is 26.2 Å². The molecule has 5 heteroatoms. The molecule has 1 atom stereocenters. The molecule has 3 rings (SSSR count). The highest BCUT2D eigenvalue weighted by Crippen LogP contribution is 2.35. The van der Waals surface area contributed by atoms with E-state index in [1.807, 2.05) is 36.4 Å². The van der Waals surface area contributed by atoms with Crippen molar-refractivity contribution < 1.29 is 0 Å². The van der Waals surface area contributed by atoms with Crippen molar-refractivity contribution in [3.05, 3.63) is 68.7 Å². The maximum Gasteiger partial charge on any atom is 0.0618 e. The second kappa shape index (κ2) is 7.20. The summed E-state index contributed by atoms with van der Waals surface area (Å²) in [4.78, 5) is 2.42. The number of hydrogen-bond donors (Lipinski definition) is 1. The van der Waals surface area contributed by atoms with Crippen molar-refractivity contribution in [1.82, 2.24) is 10.2 Å². The lowest BCUT2D eigenvalue weighted by molar-refractivity contribution is 0.198. The largest absolute Gasteiger partial charge is 0.314 e. The zero-order valence-electron chi connectivity index (χ0n) is 12.0. The summed E-state index contributed by atoms with van der Waals surface area (Å²) < 4.78 is 0. The SMILES string of the molecule is Clc1cccc(C(c2cc(Cl)ccc2Cl)N2CCNCC2)c1. The third-order valence-electron chi connectivity index (χ3n) is 3.93. The van der Waals surface area contributed by atoms with Gasteiger partial charge in [-0.3, -0.25) is 4.90 Å². The van der Waals surface area contributed by atoms with Crippen LogP contribution in [0.4, 0.5) is 0 Å². The van der Waals surface area contributed by atoms with E-state index in [0.29, 0.717) is 5.02 Å². The fourth-order valence-corrected chi connectivity index (χ4v) is 3.53. The van der Waals surface area contributed by atoms with Crippen LogP contribution in [0.5, 0.6) is 0 Å². The Bertz CT molecular complexity index is 654. The molecule has 0 aliphatic carbocycles. The molecule has 1 fully saturated rings. The number of piperazine rings is 1. The maximum absolute atomic E-state index is 6.47. The van der Waals surface area contributed by atoms with Gasteiger partial charge in [-0.05, 0) is 41.5 Å². The Balaban J connectivity index is 2.07. The third kappa shape index (κ3) is 3.58. The first-order valence-electron chi connectivity index (χ1n) is 7.30. The topological polar surface area (TPSA) is 15.3 Å². The van der Waals surface area contributed by atoms with E-state index in [9.17, 15) is 0 Å². The molecule has 1 saturated heterocycles. The molecular formula is C17H17Cl3N2. The van der Waals surface area contributed by atoms with Gasteiger partial charge >= 0.3 is 0 Å². The average Bonchev–Trinajstić information content (AvgIpc) is 2.52. The van der Waals surface area contributed by atoms with Crippen molar-refractivity contribution in [3.8, 4) is 0 Å². The van der Waals surface area contributed by atoms with E-state index in [1.165, 1.54) is 0 Å². The second-order valence-electron chi connectivity index (χ2n) is 5.41. The van der Waals surface area contributed by atoms with Crippen LogP contribution < -0.4 is 5.32 Å². The highest BCUT2D eigenvalue weighted by Gasteiger charge is 2.26. The number of hydrogen-bond acceptors (Lipinski definition) is 2. The van der Waals surface area contributed by atoms with E-state index in [1.54, 1.807) is 0 Å². The number of halogens is 3. The second-order valence-corrected chi connectivity index (χ2v) is 6.69. The Morgan fingerprint density at radius 1 is 0.909 bits per heavy atom. The van der Waals surface area contributed by atoms with E-state index >= 15 is 0 Å². The fraction of sp³-hybridized carbons (Fsp3) is 0.294. The lowest BCUT2D eigenvalue weighted by atomic mass is 9.96. The van der Waals surface area contributed by atoms with Gasteiger partial charge in [-0.15, -0.1) is 0 Å². The Hall–Kier alpha value is -0.770. The molecule has 22 heavy (non-hydrogen) atoms. The monoisotopic (exact) mass is 354 g/mol. The molecule has 0 aromatic heterocycles. The van der Waals surface area contributed by atoms with Crippen LogP contribution in [0.3, 0.4) is 0 Å². The molecule has 2 aromatic rings. The Morgan fingerprint density at radius 3 is 2.36 bits per heavy atom. The molecule has 1 aliphatic heterocycles. The average molecular weight is 356 g/mol. The van der Waals surface area contributed by atoms with Crippen molar-refractivity contribution in [2.45, 2.75) is 6.04 Å². The third-order valence-corrected chi connectivity index (χ3v) is 4.75. The smallest absolute Gasteiger partial charge is 0.0618 e. The molecule has 116 valence electrons. The number of nitrogens with zero attached hydrogens (tertiary/aromatic N) is 1. The summed E-state index contributed by atoms with van der Waals surface area (Å²) in [6, 6.07) is 13.7. The molecule has 1 N–H and O–H groups in total. The van der Waals surface area contributed by atoms with Gasteiger partial charge in [0.05, 0.1) is 6.04 Å². The molecule has 0 amide bonds. The summed E-state index contributed by atoms with van der Waals surface area (Å²) >= 11 is 18.9. The molecule has 1 unspecified atom stereocenters. The molecule has 2 nitrogen and oxygen atoms in total. The summed E-state index contributed by atoms with van der Waals surface area (Å²) in [5.74, 6) is 0. The van der Waals surface area contributed by atoms with Gasteiger partial charge < -0.3 is 5.32 Å². The van der Waals surface area contributed by atoms with E-state index < -0.39 is 0 Å². The zero-order valence-corrected chi connectivity index (χ0v) is 14.3. The number of benzene rings is 2. The van der Waals surface area contributed by atoms with Crippen LogP contribution in [0, 0.1) is 0 Å². The number of nitrogens with one attached hydrogen (secondary N) is 1. The first kappa shape index (κ1) is 16.1. The standard InChI is InChI=1S/C17H17Cl3N2/c18-13-3-1-2-12(10-13)17(22-8-6-21-7-9-22)15-11-14(19)4-5-16(15)20/h1-5,10-11,17,21H,6-9H2. The van der Waals surface area contributed by atoms with Crippen LogP contribution in [-0.2, 0) is 0 Å². The fourth-order valence-electron chi connectivity index (χ4n) is 2.93. The van der Waals surface area contributed by atoms with E-state index in [4.69, 9.17) is 34.8 Å². The first-order valence-corrected chi connectivity index (χ1v) is 8.44. The Labute approximate surface area is 146 Å². The van der Waals surface area contributed by atoms with Gasteiger partial charge in [0, 0.05) is 41.2 Å². The highest BCUT2D eigenvalue weighted by atomic mass is 35.5. The minimum Gasteiger partial charge on any atom is -0.314 e. The van der Waals surface area contributed by atoms with Gasteiger partial charge in [-0.25, -0.2) is 0 Å². The van der Waals surface area contributed by atoms with E-state index in [-0.39, 0.29) is 6.04 Å². The number of rotatable bonds is 3. The van der Waals surface area contributed by atoms with Gasteiger partial charge in [0.1, 0.15) is 0 Å². The van der Waals surface area contributed by atoms with Gasteiger partial charge in [-0.1, -0.05) is 46.9 Å². The summed E-state index contributed by atoms with van der Waals surface area (Å²) in [7, 11) is 0. The minimum absolute atomic E-state index is 0.0620. The normalized spacial score (nSPS) is 17.4. The van der Waals surface area contributed by atoms with Crippen molar-refractivity contribution >= 4 is 34.8 Å². The van der Waals surface area contributed by atoms with Crippen LogP contribution in [0.25, 0.3) is 0 Å². The van der Waals surface area contributed by atoms with E-state index in [0.717, 1.165) is 47.4 Å². The van der Waals surface area contributed by atoms with Crippen LogP contribution in [-0.4, -0.2) is 31.1 Å². The molecule has 0 radical (unpaired) electrons. The molecule has 0 bridgehead atoms. The van der Waals surface area contributed by atoms with Crippen molar-refractivity contribution in [1.29, 1.82) is 0 Å². The molecule has 2 aromatic carbocycles. The summed E-state index contributed by atoms with van der Waals surface area (Å²) in [5, 5.41) is 5.54. The predicted octanol–water partition coefficient (Wildman–Crippen LogP) is 4.64. The van der Waals surface area contributed by atoms with Gasteiger partial charge in [0.15, 0.2) is 0 Å². The molecule has 0 saturated carbocycles. The summed E-state index contributed by atoms with van der Waals surface area (Å²) in [5.41, 5.74) is 2.16. The van der Waals surface area contributed by atoms with Crippen LogP contribution in [0.2, 0.25) is 15.1 Å². The zero-order chi connectivity index (χ0) is 15.5. The lowest BCUT2D eigenvalue weighted by Gasteiger charge is -2.36. The lowest BCUT2D eigenvalue weighted by Crippen LogP contribution is -2.45. The van der Waals surface area contributed by atoms with Gasteiger partial charge in [-0.2, -0.15) is 0 Å². The predicted molar refractivity (Wildman–Crippen MR) is 94.2 cm³/mol. The van der Waals surface area contributed by atoms with Crippen LogP contribution in [0.15, 0.2) is 42.5 Å². The van der Waals surface area contributed by atoms with Crippen LogP contribution >= 0.6 is 34.8 Å². The molecule has 0 spiro atoms. The van der Waals surface area contributed by atoms with Crippen LogP contribution in [0.1, 0.15) is 17.2 Å². The Kier molecular flexibility index (Phi) is 5.27.